The summed E-state index contributed by atoms with van der Waals surface area (Å²) in [6.45, 7) is 3.54. The zero-order chi connectivity index (χ0) is 17.4. The molecule has 0 aromatic heterocycles. The van der Waals surface area contributed by atoms with E-state index in [-0.39, 0.29) is 24.4 Å². The van der Waals surface area contributed by atoms with Gasteiger partial charge in [-0.05, 0) is 30.1 Å². The maximum Gasteiger partial charge on any atom is 0.237 e. The molecule has 1 saturated heterocycles. The summed E-state index contributed by atoms with van der Waals surface area (Å²) in [6, 6.07) is 7.35. The van der Waals surface area contributed by atoms with E-state index in [2.05, 4.69) is 10.2 Å². The number of carbonyl (C=O) groups is 1. The first kappa shape index (κ1) is 22.5. The molecule has 0 radical (unpaired) electrons. The number of halogens is 2. The maximum atomic E-state index is 12.2. The molecular weight excluding hydrogens is 381 g/mol. The van der Waals surface area contributed by atoms with Gasteiger partial charge in [-0.25, -0.2) is 0 Å². The summed E-state index contributed by atoms with van der Waals surface area (Å²) in [6.07, 6.45) is 2.69. The number of carbonyl (C=O) groups excluding carboxylic acids is 1. The summed E-state index contributed by atoms with van der Waals surface area (Å²) in [5.74, 6) is 0.779. The molecule has 2 rings (SSSR count). The molecule has 0 bridgehead atoms. The van der Waals surface area contributed by atoms with Crippen LogP contribution in [0.15, 0.2) is 24.3 Å². The van der Waals surface area contributed by atoms with Crippen LogP contribution in [0.2, 0.25) is 5.02 Å². The lowest BCUT2D eigenvalue weighted by Crippen LogP contribution is -2.47. The molecule has 1 amide bonds. The molecule has 25 heavy (non-hydrogen) atoms. The molecule has 1 aromatic rings. The molecule has 1 heterocycles. The largest absolute Gasteiger partial charge is 0.379 e. The minimum absolute atomic E-state index is 0. The highest BCUT2D eigenvalue weighted by molar-refractivity contribution is 7.98. The third-order valence-electron chi connectivity index (χ3n) is 4.19. The SMILES string of the molecule is CSCCC(N)C(=O)NCC(c1ccccc1Cl)N1CCOCC1.Cl. The number of nitrogens with zero attached hydrogens (tertiary/aromatic N) is 1. The van der Waals surface area contributed by atoms with Crippen molar-refractivity contribution in [3.05, 3.63) is 34.9 Å². The second kappa shape index (κ2) is 12.0. The number of rotatable bonds is 8. The van der Waals surface area contributed by atoms with E-state index in [1.54, 1.807) is 11.8 Å². The van der Waals surface area contributed by atoms with Crippen molar-refractivity contribution in [2.75, 3.05) is 44.9 Å². The van der Waals surface area contributed by atoms with Crippen LogP contribution in [0.25, 0.3) is 0 Å². The molecule has 5 nitrogen and oxygen atoms in total. The number of amides is 1. The topological polar surface area (TPSA) is 67.6 Å². The predicted molar refractivity (Wildman–Crippen MR) is 108 cm³/mol. The number of benzene rings is 1. The van der Waals surface area contributed by atoms with Crippen molar-refractivity contribution in [1.82, 2.24) is 10.2 Å². The molecule has 3 N–H and O–H groups in total. The Morgan fingerprint density at radius 1 is 1.40 bits per heavy atom. The normalized spacial score (nSPS) is 17.4. The van der Waals surface area contributed by atoms with Gasteiger partial charge in [-0.1, -0.05) is 29.8 Å². The highest BCUT2D eigenvalue weighted by Gasteiger charge is 2.25. The van der Waals surface area contributed by atoms with Gasteiger partial charge in [-0.15, -0.1) is 12.4 Å². The van der Waals surface area contributed by atoms with Gasteiger partial charge in [0.25, 0.3) is 0 Å². The molecule has 0 spiro atoms. The van der Waals surface area contributed by atoms with Crippen molar-refractivity contribution in [2.24, 2.45) is 5.73 Å². The van der Waals surface area contributed by atoms with Crippen molar-refractivity contribution in [1.29, 1.82) is 0 Å². The highest BCUT2D eigenvalue weighted by atomic mass is 35.5. The van der Waals surface area contributed by atoms with Crippen molar-refractivity contribution >= 4 is 41.7 Å². The Labute approximate surface area is 165 Å². The zero-order valence-corrected chi connectivity index (χ0v) is 16.8. The third-order valence-corrected chi connectivity index (χ3v) is 5.18. The lowest BCUT2D eigenvalue weighted by atomic mass is 10.0. The maximum absolute atomic E-state index is 12.2. The number of nitrogens with two attached hydrogens (primary N) is 1. The number of hydrogen-bond donors (Lipinski definition) is 2. The Morgan fingerprint density at radius 3 is 2.72 bits per heavy atom. The monoisotopic (exact) mass is 407 g/mol. The van der Waals surface area contributed by atoms with E-state index in [9.17, 15) is 4.79 Å². The van der Waals surface area contributed by atoms with E-state index in [0.29, 0.717) is 26.2 Å². The number of ether oxygens (including phenoxy) is 1. The summed E-state index contributed by atoms with van der Waals surface area (Å²) in [7, 11) is 0. The average molecular weight is 408 g/mol. The minimum Gasteiger partial charge on any atom is -0.379 e. The zero-order valence-electron chi connectivity index (χ0n) is 14.4. The Kier molecular flexibility index (Phi) is 10.8. The first-order valence-electron chi connectivity index (χ1n) is 8.22. The van der Waals surface area contributed by atoms with Crippen molar-refractivity contribution in [2.45, 2.75) is 18.5 Å². The Bertz CT molecular complexity index is 530. The van der Waals surface area contributed by atoms with E-state index in [4.69, 9.17) is 22.1 Å². The van der Waals surface area contributed by atoms with E-state index in [1.807, 2.05) is 30.5 Å². The molecule has 1 aliphatic heterocycles. The predicted octanol–water partition coefficient (Wildman–Crippen LogP) is 2.33. The first-order valence-corrected chi connectivity index (χ1v) is 9.99. The van der Waals surface area contributed by atoms with Crippen LogP contribution < -0.4 is 11.1 Å². The van der Waals surface area contributed by atoms with Crippen LogP contribution in [0.3, 0.4) is 0 Å². The number of morpholine rings is 1. The van der Waals surface area contributed by atoms with Gasteiger partial charge < -0.3 is 15.8 Å². The summed E-state index contributed by atoms with van der Waals surface area (Å²) >= 11 is 8.08. The van der Waals surface area contributed by atoms with Crippen LogP contribution in [0.5, 0.6) is 0 Å². The van der Waals surface area contributed by atoms with Crippen LogP contribution in [-0.4, -0.2) is 61.7 Å². The van der Waals surface area contributed by atoms with Gasteiger partial charge in [0.05, 0.1) is 25.3 Å². The summed E-state index contributed by atoms with van der Waals surface area (Å²) in [4.78, 5) is 14.5. The van der Waals surface area contributed by atoms with Gasteiger partial charge in [0.15, 0.2) is 0 Å². The van der Waals surface area contributed by atoms with Crippen LogP contribution in [0.1, 0.15) is 18.0 Å². The lowest BCUT2D eigenvalue weighted by Gasteiger charge is -2.35. The summed E-state index contributed by atoms with van der Waals surface area (Å²) < 4.78 is 5.44. The summed E-state index contributed by atoms with van der Waals surface area (Å²) in [5, 5.41) is 3.72. The molecule has 2 unspecified atom stereocenters. The molecule has 1 fully saturated rings. The molecule has 1 aromatic carbocycles. The van der Waals surface area contributed by atoms with Crippen LogP contribution >= 0.6 is 35.8 Å². The number of thioether (sulfide) groups is 1. The smallest absolute Gasteiger partial charge is 0.237 e. The quantitative estimate of drug-likeness (QED) is 0.691. The Morgan fingerprint density at radius 2 is 2.08 bits per heavy atom. The van der Waals surface area contributed by atoms with Gasteiger partial charge in [0.2, 0.25) is 5.91 Å². The summed E-state index contributed by atoms with van der Waals surface area (Å²) in [5.41, 5.74) is 6.98. The molecular formula is C17H27Cl2N3O2S. The lowest BCUT2D eigenvalue weighted by molar-refractivity contribution is -0.122. The minimum atomic E-state index is -0.464. The van der Waals surface area contributed by atoms with Crippen LogP contribution in [-0.2, 0) is 9.53 Å². The van der Waals surface area contributed by atoms with Crippen LogP contribution in [0, 0.1) is 0 Å². The van der Waals surface area contributed by atoms with E-state index >= 15 is 0 Å². The van der Waals surface area contributed by atoms with Gasteiger partial charge in [0.1, 0.15) is 0 Å². The highest BCUT2D eigenvalue weighted by Crippen LogP contribution is 2.27. The van der Waals surface area contributed by atoms with Crippen molar-refractivity contribution in [3.63, 3.8) is 0 Å². The molecule has 0 saturated carbocycles. The van der Waals surface area contributed by atoms with Crippen LogP contribution in [0.4, 0.5) is 0 Å². The molecule has 2 atom stereocenters. The van der Waals surface area contributed by atoms with E-state index in [0.717, 1.165) is 29.4 Å². The standard InChI is InChI=1S/C17H26ClN3O2S.ClH/c1-24-11-6-15(19)17(22)20-12-16(21-7-9-23-10-8-21)13-4-2-3-5-14(13)18;/h2-5,15-16H,6-12,19H2,1H3,(H,20,22);1H. The molecule has 1 aliphatic rings. The fourth-order valence-electron chi connectivity index (χ4n) is 2.77. The van der Waals surface area contributed by atoms with Crippen molar-refractivity contribution < 1.29 is 9.53 Å². The second-order valence-corrected chi connectivity index (χ2v) is 7.21. The fraction of sp³-hybridized carbons (Fsp3) is 0.588. The van der Waals surface area contributed by atoms with Gasteiger partial charge >= 0.3 is 0 Å². The van der Waals surface area contributed by atoms with Gasteiger partial charge in [-0.3, -0.25) is 9.69 Å². The third kappa shape index (κ3) is 6.96. The average Bonchev–Trinajstić information content (AvgIpc) is 2.62. The molecule has 8 heteroatoms. The van der Waals surface area contributed by atoms with E-state index in [1.165, 1.54) is 0 Å². The fourth-order valence-corrected chi connectivity index (χ4v) is 3.53. The number of hydrogen-bond acceptors (Lipinski definition) is 5. The van der Waals surface area contributed by atoms with Crippen molar-refractivity contribution in [3.8, 4) is 0 Å². The molecule has 142 valence electrons. The van der Waals surface area contributed by atoms with Gasteiger partial charge in [0, 0.05) is 24.7 Å². The first-order chi connectivity index (χ1) is 11.6. The Hall–Kier alpha value is -0.500. The van der Waals surface area contributed by atoms with Gasteiger partial charge in [-0.2, -0.15) is 11.8 Å². The molecule has 0 aliphatic carbocycles. The second-order valence-electron chi connectivity index (χ2n) is 5.82. The Balaban J connectivity index is 0.00000312. The number of nitrogens with one attached hydrogen (secondary N) is 1. The van der Waals surface area contributed by atoms with E-state index < -0.39 is 6.04 Å².